The van der Waals surface area contributed by atoms with Gasteiger partial charge < -0.3 is 14.7 Å². The first-order chi connectivity index (χ1) is 10.7. The summed E-state index contributed by atoms with van der Waals surface area (Å²) in [4.78, 5) is 35.9. The fraction of sp³-hybridized carbons (Fsp3) is 0.214. The molecule has 0 atom stereocenters. The van der Waals surface area contributed by atoms with Crippen LogP contribution in [0.25, 0.3) is 11.0 Å². The zero-order chi connectivity index (χ0) is 15.5. The molecule has 7 nitrogen and oxygen atoms in total. The molecule has 1 aromatic carbocycles. The van der Waals surface area contributed by atoms with Crippen molar-refractivity contribution in [2.24, 2.45) is 0 Å². The Morgan fingerprint density at radius 2 is 2.09 bits per heavy atom. The van der Waals surface area contributed by atoms with Gasteiger partial charge >= 0.3 is 11.7 Å². The predicted octanol–water partition coefficient (Wildman–Crippen LogP) is 2.05. The van der Waals surface area contributed by atoms with Crippen molar-refractivity contribution in [3.8, 4) is 0 Å². The van der Waals surface area contributed by atoms with Gasteiger partial charge in [-0.1, -0.05) is 23.9 Å². The van der Waals surface area contributed by atoms with Crippen molar-refractivity contribution in [3.05, 3.63) is 46.1 Å². The minimum atomic E-state index is -0.541. The highest BCUT2D eigenvalue weighted by atomic mass is 32.2. The second-order valence-electron chi connectivity index (χ2n) is 4.50. The van der Waals surface area contributed by atoms with Crippen LogP contribution in [0.3, 0.4) is 0 Å². The molecule has 0 radical (unpaired) electrons. The molecule has 0 saturated carbocycles. The van der Waals surface area contributed by atoms with Crippen molar-refractivity contribution in [1.29, 1.82) is 0 Å². The number of fused-ring (bicyclic) bond motifs is 1. The Kier molecular flexibility index (Phi) is 4.01. The number of esters is 1. The van der Waals surface area contributed by atoms with E-state index in [1.807, 2.05) is 24.3 Å². The van der Waals surface area contributed by atoms with E-state index in [1.54, 1.807) is 6.92 Å². The predicted molar refractivity (Wildman–Crippen MR) is 83.0 cm³/mol. The standard InChI is InChI=1S/C14H14N4O3S/c1-2-21-12(19)11-10(15-13(20)18-11)7-22-14-16-8-5-3-4-6-9(8)17-14/h3-6H,2,7H2,1H3,(H,16,17)(H2,15,18,20). The van der Waals surface area contributed by atoms with Gasteiger partial charge in [-0.25, -0.2) is 14.6 Å². The number of thioether (sulfide) groups is 1. The topological polar surface area (TPSA) is 104 Å². The van der Waals surface area contributed by atoms with E-state index in [0.29, 0.717) is 11.4 Å². The summed E-state index contributed by atoms with van der Waals surface area (Å²) in [6.07, 6.45) is 0. The van der Waals surface area contributed by atoms with E-state index in [9.17, 15) is 9.59 Å². The average molecular weight is 318 g/mol. The lowest BCUT2D eigenvalue weighted by molar-refractivity contribution is 0.0519. The van der Waals surface area contributed by atoms with Crippen LogP contribution in [0.5, 0.6) is 0 Å². The van der Waals surface area contributed by atoms with Gasteiger partial charge in [0.25, 0.3) is 0 Å². The lowest BCUT2D eigenvalue weighted by atomic mass is 10.3. The van der Waals surface area contributed by atoms with Gasteiger partial charge in [-0.05, 0) is 19.1 Å². The number of H-pyrrole nitrogens is 3. The molecule has 0 aliphatic carbocycles. The quantitative estimate of drug-likeness (QED) is 0.493. The van der Waals surface area contributed by atoms with E-state index in [1.165, 1.54) is 11.8 Å². The molecule has 3 N–H and O–H groups in total. The molecule has 0 fully saturated rings. The number of nitrogens with zero attached hydrogens (tertiary/aromatic N) is 1. The van der Waals surface area contributed by atoms with Crippen LogP contribution in [-0.4, -0.2) is 32.5 Å². The van der Waals surface area contributed by atoms with Crippen molar-refractivity contribution < 1.29 is 9.53 Å². The smallest absolute Gasteiger partial charge is 0.356 e. The van der Waals surface area contributed by atoms with E-state index in [2.05, 4.69) is 19.9 Å². The number of ether oxygens (including phenoxy) is 1. The lowest BCUT2D eigenvalue weighted by Crippen LogP contribution is -2.09. The SMILES string of the molecule is CCOC(=O)c1[nH]c(=O)[nH]c1CSc1nc2ccccc2[nH]1. The molecule has 2 heterocycles. The molecule has 0 saturated heterocycles. The fourth-order valence-corrected chi connectivity index (χ4v) is 2.89. The molecule has 3 aromatic rings. The number of aromatic amines is 3. The maximum atomic E-state index is 11.8. The van der Waals surface area contributed by atoms with Crippen LogP contribution >= 0.6 is 11.8 Å². The van der Waals surface area contributed by atoms with Gasteiger partial charge in [0.15, 0.2) is 5.16 Å². The first-order valence-electron chi connectivity index (χ1n) is 6.73. The number of hydrogen-bond acceptors (Lipinski definition) is 5. The number of imidazole rings is 2. The zero-order valence-corrected chi connectivity index (χ0v) is 12.6. The molecule has 8 heteroatoms. The molecule has 0 unspecified atom stereocenters. The van der Waals surface area contributed by atoms with E-state index in [-0.39, 0.29) is 12.3 Å². The number of hydrogen-bond donors (Lipinski definition) is 3. The summed E-state index contributed by atoms with van der Waals surface area (Å²) in [5.74, 6) is -0.145. The van der Waals surface area contributed by atoms with Crippen LogP contribution in [0.15, 0.2) is 34.2 Å². The maximum Gasteiger partial charge on any atom is 0.356 e. The third-order valence-corrected chi connectivity index (χ3v) is 3.90. The van der Waals surface area contributed by atoms with Crippen LogP contribution in [0, 0.1) is 0 Å². The van der Waals surface area contributed by atoms with Crippen LogP contribution in [-0.2, 0) is 10.5 Å². The Labute approximate surface area is 129 Å². The normalized spacial score (nSPS) is 11.0. The fourth-order valence-electron chi connectivity index (χ4n) is 2.04. The number of rotatable bonds is 5. The molecular formula is C14H14N4O3S. The molecule has 0 aliphatic heterocycles. The Morgan fingerprint density at radius 3 is 2.86 bits per heavy atom. The number of para-hydroxylation sites is 2. The van der Waals surface area contributed by atoms with Crippen molar-refractivity contribution >= 4 is 28.8 Å². The minimum Gasteiger partial charge on any atom is -0.461 e. The molecule has 0 aliphatic rings. The largest absolute Gasteiger partial charge is 0.461 e. The van der Waals surface area contributed by atoms with Crippen LogP contribution < -0.4 is 5.69 Å². The van der Waals surface area contributed by atoms with Crippen molar-refractivity contribution in [3.63, 3.8) is 0 Å². The first-order valence-corrected chi connectivity index (χ1v) is 7.71. The molecular weight excluding hydrogens is 304 g/mol. The third-order valence-electron chi connectivity index (χ3n) is 3.01. The zero-order valence-electron chi connectivity index (χ0n) is 11.8. The monoisotopic (exact) mass is 318 g/mol. The average Bonchev–Trinajstić information content (AvgIpc) is 3.08. The molecule has 22 heavy (non-hydrogen) atoms. The third kappa shape index (κ3) is 2.91. The molecule has 0 amide bonds. The first kappa shape index (κ1) is 14.5. The minimum absolute atomic E-state index is 0.162. The number of carbonyl (C=O) groups excluding carboxylic acids is 1. The molecule has 114 valence electrons. The maximum absolute atomic E-state index is 11.8. The molecule has 0 spiro atoms. The van der Waals surface area contributed by atoms with E-state index >= 15 is 0 Å². The highest BCUT2D eigenvalue weighted by molar-refractivity contribution is 7.98. The Bertz CT molecular complexity index is 831. The van der Waals surface area contributed by atoms with Crippen molar-refractivity contribution in [2.75, 3.05) is 6.61 Å². The Hall–Kier alpha value is -2.48. The molecule has 3 rings (SSSR count). The van der Waals surface area contributed by atoms with Gasteiger partial charge in [-0.2, -0.15) is 0 Å². The van der Waals surface area contributed by atoms with Gasteiger partial charge in [0.2, 0.25) is 0 Å². The Balaban J connectivity index is 1.78. The van der Waals surface area contributed by atoms with E-state index < -0.39 is 11.7 Å². The number of carbonyl (C=O) groups is 1. The van der Waals surface area contributed by atoms with Crippen LogP contribution in [0.4, 0.5) is 0 Å². The number of aromatic nitrogens is 4. The highest BCUT2D eigenvalue weighted by Crippen LogP contribution is 2.23. The van der Waals surface area contributed by atoms with Crippen molar-refractivity contribution in [1.82, 2.24) is 19.9 Å². The molecule has 2 aromatic heterocycles. The number of nitrogens with one attached hydrogen (secondary N) is 3. The summed E-state index contributed by atoms with van der Waals surface area (Å²) in [7, 11) is 0. The summed E-state index contributed by atoms with van der Waals surface area (Å²) in [5.41, 5.74) is 2.05. The summed E-state index contributed by atoms with van der Waals surface area (Å²) in [6, 6.07) is 7.70. The second-order valence-corrected chi connectivity index (χ2v) is 5.46. The van der Waals surface area contributed by atoms with Crippen LogP contribution in [0.1, 0.15) is 23.1 Å². The van der Waals surface area contributed by atoms with Gasteiger partial charge in [-0.3, -0.25) is 4.98 Å². The summed E-state index contributed by atoms with van der Waals surface area (Å²) in [5, 5.41) is 0.720. The Morgan fingerprint density at radius 1 is 1.27 bits per heavy atom. The van der Waals surface area contributed by atoms with Gasteiger partial charge in [0.05, 0.1) is 23.3 Å². The second kappa shape index (κ2) is 6.10. The van der Waals surface area contributed by atoms with Crippen LogP contribution in [0.2, 0.25) is 0 Å². The van der Waals surface area contributed by atoms with E-state index in [4.69, 9.17) is 4.74 Å². The van der Waals surface area contributed by atoms with Gasteiger partial charge in [0.1, 0.15) is 5.69 Å². The number of benzene rings is 1. The van der Waals surface area contributed by atoms with E-state index in [0.717, 1.165) is 16.2 Å². The molecule has 0 bridgehead atoms. The van der Waals surface area contributed by atoms with Crippen molar-refractivity contribution in [2.45, 2.75) is 17.8 Å². The van der Waals surface area contributed by atoms with Gasteiger partial charge in [0, 0.05) is 5.75 Å². The van der Waals surface area contributed by atoms with Gasteiger partial charge in [-0.15, -0.1) is 0 Å². The lowest BCUT2D eigenvalue weighted by Gasteiger charge is -2.01. The summed E-state index contributed by atoms with van der Waals surface area (Å²) < 4.78 is 4.92. The summed E-state index contributed by atoms with van der Waals surface area (Å²) in [6.45, 7) is 1.97. The highest BCUT2D eigenvalue weighted by Gasteiger charge is 2.17. The summed E-state index contributed by atoms with van der Waals surface area (Å²) >= 11 is 1.40.